The molecule has 1 aromatic rings. The Kier molecular flexibility index (Phi) is 4.51. The standard InChI is InChI=1S/C21H28N2O3/c1-26-20(25)21-11-14-7-15(12-21)9-16(8-14)18(21)23-19(24)17(22)10-13-5-3-2-4-6-13/h2-6,14-18H,7-12,22H2,1H3,(H,23,24)/t14?,15?,16?,17-,18?,21?/m0/s1. The second-order valence-corrected chi connectivity index (χ2v) is 8.54. The average Bonchev–Trinajstić information content (AvgIpc) is 2.64. The molecule has 1 amide bonds. The first-order chi connectivity index (χ1) is 12.5. The van der Waals surface area contributed by atoms with E-state index in [1.807, 2.05) is 30.3 Å². The maximum atomic E-state index is 12.8. The summed E-state index contributed by atoms with van der Waals surface area (Å²) < 4.78 is 5.18. The fourth-order valence-corrected chi connectivity index (χ4v) is 6.01. The van der Waals surface area contributed by atoms with E-state index in [0.717, 1.165) is 31.2 Å². The molecule has 0 spiro atoms. The van der Waals surface area contributed by atoms with Gasteiger partial charge in [0.1, 0.15) is 0 Å². The predicted molar refractivity (Wildman–Crippen MR) is 98.1 cm³/mol. The van der Waals surface area contributed by atoms with Crippen LogP contribution in [-0.2, 0) is 20.7 Å². The van der Waals surface area contributed by atoms with E-state index in [1.54, 1.807) is 0 Å². The minimum absolute atomic E-state index is 0.142. The summed E-state index contributed by atoms with van der Waals surface area (Å²) in [6, 6.07) is 9.05. The molecule has 0 heterocycles. The summed E-state index contributed by atoms with van der Waals surface area (Å²) in [5.41, 5.74) is 6.67. The third-order valence-electron chi connectivity index (χ3n) is 6.84. The Hall–Kier alpha value is -1.88. The number of carbonyl (C=O) groups excluding carboxylic acids is 2. The molecule has 3 N–H and O–H groups in total. The molecule has 4 bridgehead atoms. The molecule has 5 nitrogen and oxygen atoms in total. The van der Waals surface area contributed by atoms with Gasteiger partial charge >= 0.3 is 5.97 Å². The van der Waals surface area contributed by atoms with Crippen LogP contribution in [-0.4, -0.2) is 31.1 Å². The predicted octanol–water partition coefficient (Wildman–Crippen LogP) is 2.04. The van der Waals surface area contributed by atoms with Crippen molar-refractivity contribution in [2.45, 2.75) is 50.6 Å². The molecule has 5 heteroatoms. The molecule has 1 aromatic carbocycles. The van der Waals surface area contributed by atoms with Crippen LogP contribution in [0, 0.1) is 23.2 Å². The van der Waals surface area contributed by atoms with E-state index in [9.17, 15) is 9.59 Å². The number of amides is 1. The first kappa shape index (κ1) is 17.5. The Labute approximate surface area is 154 Å². The largest absolute Gasteiger partial charge is 0.469 e. The molecule has 26 heavy (non-hydrogen) atoms. The number of nitrogens with two attached hydrogens (primary N) is 1. The van der Waals surface area contributed by atoms with Gasteiger partial charge in [0.25, 0.3) is 0 Å². The molecule has 4 saturated carbocycles. The lowest BCUT2D eigenvalue weighted by Gasteiger charge is -2.59. The number of rotatable bonds is 5. The summed E-state index contributed by atoms with van der Waals surface area (Å²) in [5, 5.41) is 3.17. The number of benzene rings is 1. The van der Waals surface area contributed by atoms with Gasteiger partial charge in [0.05, 0.1) is 18.6 Å². The van der Waals surface area contributed by atoms with Gasteiger partial charge in [-0.05, 0) is 61.8 Å². The minimum atomic E-state index is -0.607. The van der Waals surface area contributed by atoms with Crippen molar-refractivity contribution < 1.29 is 14.3 Å². The van der Waals surface area contributed by atoms with Crippen LogP contribution >= 0.6 is 0 Å². The number of methoxy groups -OCH3 is 1. The van der Waals surface area contributed by atoms with Crippen LogP contribution in [0.25, 0.3) is 0 Å². The van der Waals surface area contributed by atoms with E-state index < -0.39 is 11.5 Å². The number of esters is 1. The Morgan fingerprint density at radius 2 is 1.85 bits per heavy atom. The lowest BCUT2D eigenvalue weighted by molar-refractivity contribution is -0.175. The SMILES string of the molecule is COC(=O)C12CC3CC(CC(C3)C1NC(=O)[C@@H](N)Cc1ccccc1)C2. The summed E-state index contributed by atoms with van der Waals surface area (Å²) in [6.45, 7) is 0. The first-order valence-electron chi connectivity index (χ1n) is 9.70. The minimum Gasteiger partial charge on any atom is -0.469 e. The summed E-state index contributed by atoms with van der Waals surface area (Å²) in [5.74, 6) is 1.25. The van der Waals surface area contributed by atoms with E-state index >= 15 is 0 Å². The van der Waals surface area contributed by atoms with Crippen molar-refractivity contribution in [1.29, 1.82) is 0 Å². The summed E-state index contributed by atoms with van der Waals surface area (Å²) in [7, 11) is 1.46. The van der Waals surface area contributed by atoms with E-state index in [2.05, 4.69) is 5.32 Å². The Balaban J connectivity index is 1.50. The quantitative estimate of drug-likeness (QED) is 0.791. The van der Waals surface area contributed by atoms with Gasteiger partial charge in [-0.3, -0.25) is 9.59 Å². The van der Waals surface area contributed by atoms with Crippen molar-refractivity contribution in [1.82, 2.24) is 5.32 Å². The number of hydrogen-bond donors (Lipinski definition) is 2. The molecule has 4 aliphatic carbocycles. The topological polar surface area (TPSA) is 81.4 Å². The fourth-order valence-electron chi connectivity index (χ4n) is 6.01. The van der Waals surface area contributed by atoms with E-state index in [1.165, 1.54) is 13.5 Å². The lowest BCUT2D eigenvalue weighted by Crippen LogP contribution is -2.66. The van der Waals surface area contributed by atoms with Gasteiger partial charge in [0.2, 0.25) is 5.91 Å². The van der Waals surface area contributed by atoms with Crippen LogP contribution in [0.1, 0.15) is 37.7 Å². The Morgan fingerprint density at radius 3 is 2.46 bits per heavy atom. The van der Waals surface area contributed by atoms with Crippen LogP contribution in [0.15, 0.2) is 30.3 Å². The van der Waals surface area contributed by atoms with Gasteiger partial charge in [-0.15, -0.1) is 0 Å². The number of nitrogens with one attached hydrogen (secondary N) is 1. The van der Waals surface area contributed by atoms with Crippen LogP contribution in [0.3, 0.4) is 0 Å². The molecule has 3 unspecified atom stereocenters. The lowest BCUT2D eigenvalue weighted by atomic mass is 9.47. The van der Waals surface area contributed by atoms with Crippen molar-refractivity contribution in [2.24, 2.45) is 28.9 Å². The molecular weight excluding hydrogens is 328 g/mol. The number of ether oxygens (including phenoxy) is 1. The van der Waals surface area contributed by atoms with Crippen molar-refractivity contribution in [2.75, 3.05) is 7.11 Å². The molecule has 140 valence electrons. The van der Waals surface area contributed by atoms with Crippen LogP contribution in [0.4, 0.5) is 0 Å². The molecule has 4 atom stereocenters. The molecule has 5 rings (SSSR count). The van der Waals surface area contributed by atoms with Crippen molar-refractivity contribution in [3.8, 4) is 0 Å². The van der Waals surface area contributed by atoms with Gasteiger partial charge in [-0.25, -0.2) is 0 Å². The normalized spacial score (nSPS) is 35.8. The Morgan fingerprint density at radius 1 is 1.19 bits per heavy atom. The van der Waals surface area contributed by atoms with Crippen molar-refractivity contribution in [3.63, 3.8) is 0 Å². The van der Waals surface area contributed by atoms with Crippen LogP contribution in [0.2, 0.25) is 0 Å². The van der Waals surface area contributed by atoms with Gasteiger partial charge in [-0.2, -0.15) is 0 Å². The summed E-state index contributed by atoms with van der Waals surface area (Å²) in [4.78, 5) is 25.5. The van der Waals surface area contributed by atoms with Gasteiger partial charge in [0.15, 0.2) is 0 Å². The van der Waals surface area contributed by atoms with E-state index in [-0.39, 0.29) is 17.9 Å². The molecule has 0 saturated heterocycles. The third-order valence-corrected chi connectivity index (χ3v) is 6.84. The smallest absolute Gasteiger partial charge is 0.313 e. The molecular formula is C21H28N2O3. The van der Waals surface area contributed by atoms with E-state index in [0.29, 0.717) is 24.2 Å². The molecule has 4 fully saturated rings. The van der Waals surface area contributed by atoms with Gasteiger partial charge < -0.3 is 15.8 Å². The fraction of sp³-hybridized carbons (Fsp3) is 0.619. The number of carbonyl (C=O) groups is 2. The maximum absolute atomic E-state index is 12.8. The average molecular weight is 356 g/mol. The molecule has 4 aliphatic rings. The zero-order valence-electron chi connectivity index (χ0n) is 15.3. The first-order valence-corrected chi connectivity index (χ1v) is 9.70. The van der Waals surface area contributed by atoms with Crippen LogP contribution in [0.5, 0.6) is 0 Å². The highest BCUT2D eigenvalue weighted by molar-refractivity contribution is 5.84. The highest BCUT2D eigenvalue weighted by atomic mass is 16.5. The monoisotopic (exact) mass is 356 g/mol. The third kappa shape index (κ3) is 2.92. The van der Waals surface area contributed by atoms with Crippen LogP contribution < -0.4 is 11.1 Å². The van der Waals surface area contributed by atoms with Crippen molar-refractivity contribution in [3.05, 3.63) is 35.9 Å². The molecule has 0 aliphatic heterocycles. The highest BCUT2D eigenvalue weighted by Crippen LogP contribution is 2.60. The van der Waals surface area contributed by atoms with E-state index in [4.69, 9.17) is 10.5 Å². The Bertz CT molecular complexity index is 676. The van der Waals surface area contributed by atoms with Crippen molar-refractivity contribution >= 4 is 11.9 Å². The molecule has 0 aromatic heterocycles. The zero-order chi connectivity index (χ0) is 18.3. The number of hydrogen-bond acceptors (Lipinski definition) is 4. The summed E-state index contributed by atoms with van der Waals surface area (Å²) >= 11 is 0. The summed E-state index contributed by atoms with van der Waals surface area (Å²) in [6.07, 6.45) is 5.61. The van der Waals surface area contributed by atoms with Gasteiger partial charge in [-0.1, -0.05) is 30.3 Å². The highest BCUT2D eigenvalue weighted by Gasteiger charge is 2.61. The van der Waals surface area contributed by atoms with Gasteiger partial charge in [0, 0.05) is 6.04 Å². The molecule has 0 radical (unpaired) electrons. The maximum Gasteiger partial charge on any atom is 0.313 e. The zero-order valence-corrected chi connectivity index (χ0v) is 15.3. The second-order valence-electron chi connectivity index (χ2n) is 8.54. The second kappa shape index (κ2) is 6.69.